The number of carbonyl (C=O) groups excluding carboxylic acids is 1. The third-order valence-electron chi connectivity index (χ3n) is 5.03. The van der Waals surface area contributed by atoms with Crippen LogP contribution < -0.4 is 4.74 Å². The molecule has 0 aliphatic carbocycles. The highest BCUT2D eigenvalue weighted by molar-refractivity contribution is 7.09. The summed E-state index contributed by atoms with van der Waals surface area (Å²) in [6.07, 6.45) is 0.988. The summed E-state index contributed by atoms with van der Waals surface area (Å²) in [5.74, 6) is 1.60. The molecule has 1 fully saturated rings. The second-order valence-electron chi connectivity index (χ2n) is 7.09. The highest BCUT2D eigenvalue weighted by Gasteiger charge is 2.22. The maximum absolute atomic E-state index is 12.8. The van der Waals surface area contributed by atoms with Crippen LogP contribution in [0.1, 0.15) is 28.0 Å². The molecule has 5 nitrogen and oxygen atoms in total. The topological polar surface area (TPSA) is 45.7 Å². The summed E-state index contributed by atoms with van der Waals surface area (Å²) in [6, 6.07) is 17.0. The molecular weight excluding hydrogens is 382 g/mol. The Kier molecular flexibility index (Phi) is 6.22. The van der Waals surface area contributed by atoms with E-state index in [1.807, 2.05) is 59.5 Å². The maximum Gasteiger partial charge on any atom is 0.253 e. The van der Waals surface area contributed by atoms with Crippen LogP contribution in [-0.2, 0) is 13.0 Å². The van der Waals surface area contributed by atoms with Crippen LogP contribution in [0.4, 0.5) is 0 Å². The minimum Gasteiger partial charge on any atom is -0.457 e. The molecule has 0 N–H and O–H groups in total. The summed E-state index contributed by atoms with van der Waals surface area (Å²) in [6.45, 7) is 6.23. The number of aromatic nitrogens is 1. The van der Waals surface area contributed by atoms with E-state index in [9.17, 15) is 4.79 Å². The van der Waals surface area contributed by atoms with Crippen molar-refractivity contribution in [1.29, 1.82) is 0 Å². The fourth-order valence-corrected chi connectivity index (χ4v) is 4.13. The Labute approximate surface area is 175 Å². The zero-order chi connectivity index (χ0) is 20.1. The molecule has 2 heterocycles. The summed E-state index contributed by atoms with van der Waals surface area (Å²) in [5, 5.41) is 3.34. The van der Waals surface area contributed by atoms with Gasteiger partial charge in [-0.15, -0.1) is 11.3 Å². The molecule has 1 amide bonds. The first-order chi connectivity index (χ1) is 14.2. The number of para-hydroxylation sites is 1. The van der Waals surface area contributed by atoms with Gasteiger partial charge >= 0.3 is 0 Å². The fraction of sp³-hybridized carbons (Fsp3) is 0.304. The van der Waals surface area contributed by atoms with Gasteiger partial charge in [-0.05, 0) is 42.8 Å². The molecule has 1 aliphatic rings. The van der Waals surface area contributed by atoms with Crippen LogP contribution in [0.25, 0.3) is 0 Å². The number of piperazine rings is 1. The van der Waals surface area contributed by atoms with Crippen LogP contribution in [0.3, 0.4) is 0 Å². The van der Waals surface area contributed by atoms with E-state index >= 15 is 0 Å². The van der Waals surface area contributed by atoms with Crippen LogP contribution in [0.15, 0.2) is 60.0 Å². The van der Waals surface area contributed by atoms with Crippen molar-refractivity contribution in [2.45, 2.75) is 19.9 Å². The molecule has 4 rings (SSSR count). The van der Waals surface area contributed by atoms with Crippen LogP contribution >= 0.6 is 11.3 Å². The summed E-state index contributed by atoms with van der Waals surface area (Å²) in [4.78, 5) is 21.8. The Balaban J connectivity index is 1.30. The monoisotopic (exact) mass is 407 g/mol. The second-order valence-corrected chi connectivity index (χ2v) is 8.04. The van der Waals surface area contributed by atoms with E-state index in [2.05, 4.69) is 22.2 Å². The van der Waals surface area contributed by atoms with Gasteiger partial charge in [0.05, 0.1) is 10.7 Å². The summed E-state index contributed by atoms with van der Waals surface area (Å²) in [7, 11) is 0. The number of rotatable bonds is 6. The average molecular weight is 408 g/mol. The van der Waals surface area contributed by atoms with Gasteiger partial charge in [0, 0.05) is 43.7 Å². The van der Waals surface area contributed by atoms with Crippen molar-refractivity contribution in [3.05, 3.63) is 76.2 Å². The highest BCUT2D eigenvalue weighted by atomic mass is 32.1. The smallest absolute Gasteiger partial charge is 0.253 e. The summed E-state index contributed by atoms with van der Waals surface area (Å²) < 4.78 is 5.80. The van der Waals surface area contributed by atoms with Crippen LogP contribution in [0.5, 0.6) is 11.5 Å². The van der Waals surface area contributed by atoms with Crippen LogP contribution in [-0.4, -0.2) is 46.9 Å². The van der Waals surface area contributed by atoms with Crippen molar-refractivity contribution < 1.29 is 9.53 Å². The fourth-order valence-electron chi connectivity index (χ4n) is 3.39. The van der Waals surface area contributed by atoms with Gasteiger partial charge < -0.3 is 9.64 Å². The number of hydrogen-bond donors (Lipinski definition) is 0. The van der Waals surface area contributed by atoms with Crippen molar-refractivity contribution in [2.24, 2.45) is 0 Å². The molecule has 0 spiro atoms. The van der Waals surface area contributed by atoms with E-state index in [1.165, 1.54) is 5.01 Å². The normalized spacial score (nSPS) is 14.7. The average Bonchev–Trinajstić information content (AvgIpc) is 3.23. The third-order valence-corrected chi connectivity index (χ3v) is 6.07. The highest BCUT2D eigenvalue weighted by Crippen LogP contribution is 2.22. The molecule has 0 bridgehead atoms. The Hall–Kier alpha value is -2.70. The van der Waals surface area contributed by atoms with Crippen molar-refractivity contribution >= 4 is 17.2 Å². The minimum atomic E-state index is 0.0813. The van der Waals surface area contributed by atoms with E-state index in [4.69, 9.17) is 4.74 Å². The molecule has 3 aromatic rings. The molecule has 150 valence electrons. The molecule has 29 heavy (non-hydrogen) atoms. The van der Waals surface area contributed by atoms with E-state index in [0.717, 1.165) is 56.3 Å². The zero-order valence-corrected chi connectivity index (χ0v) is 17.4. The van der Waals surface area contributed by atoms with E-state index < -0.39 is 0 Å². The van der Waals surface area contributed by atoms with Gasteiger partial charge in [0.25, 0.3) is 5.91 Å². The maximum atomic E-state index is 12.8. The molecule has 1 saturated heterocycles. The zero-order valence-electron chi connectivity index (χ0n) is 16.6. The summed E-state index contributed by atoms with van der Waals surface area (Å²) in [5.41, 5.74) is 1.84. The molecule has 0 radical (unpaired) electrons. The van der Waals surface area contributed by atoms with Gasteiger partial charge in [-0.2, -0.15) is 0 Å². The largest absolute Gasteiger partial charge is 0.457 e. The van der Waals surface area contributed by atoms with Crippen LogP contribution in [0, 0.1) is 0 Å². The number of amides is 1. The molecule has 0 saturated carbocycles. The Morgan fingerprint density at radius 2 is 1.69 bits per heavy atom. The number of nitrogens with zero attached hydrogens (tertiary/aromatic N) is 3. The first kappa shape index (κ1) is 19.6. The first-order valence-electron chi connectivity index (χ1n) is 9.99. The van der Waals surface area contributed by atoms with Gasteiger partial charge in [-0.1, -0.05) is 25.1 Å². The summed E-state index contributed by atoms with van der Waals surface area (Å²) >= 11 is 1.73. The van der Waals surface area contributed by atoms with Crippen molar-refractivity contribution in [3.63, 3.8) is 0 Å². The Bertz CT molecular complexity index is 932. The number of hydrogen-bond acceptors (Lipinski definition) is 5. The van der Waals surface area contributed by atoms with Gasteiger partial charge in [0.15, 0.2) is 0 Å². The number of carbonyl (C=O) groups is 1. The molecule has 6 heteroatoms. The number of thiazole rings is 1. The van der Waals surface area contributed by atoms with E-state index in [-0.39, 0.29) is 5.91 Å². The molecule has 0 unspecified atom stereocenters. The lowest BCUT2D eigenvalue weighted by molar-refractivity contribution is 0.0627. The Morgan fingerprint density at radius 3 is 2.34 bits per heavy atom. The molecule has 1 aliphatic heterocycles. The van der Waals surface area contributed by atoms with E-state index in [1.54, 1.807) is 11.3 Å². The van der Waals surface area contributed by atoms with Gasteiger partial charge in [-0.3, -0.25) is 9.69 Å². The first-order valence-corrected chi connectivity index (χ1v) is 10.9. The minimum absolute atomic E-state index is 0.0813. The SMILES string of the molecule is CCc1nc(CN2CCN(C(=O)c3ccc(Oc4ccccc4)cc3)CC2)cs1. The molecule has 2 aromatic carbocycles. The van der Waals surface area contributed by atoms with E-state index in [0.29, 0.717) is 5.56 Å². The predicted octanol–water partition coefficient (Wildman–Crippen LogP) is 4.46. The van der Waals surface area contributed by atoms with Gasteiger partial charge in [-0.25, -0.2) is 4.98 Å². The van der Waals surface area contributed by atoms with Crippen molar-refractivity contribution in [1.82, 2.24) is 14.8 Å². The predicted molar refractivity (Wildman–Crippen MR) is 116 cm³/mol. The lowest BCUT2D eigenvalue weighted by Crippen LogP contribution is -2.48. The van der Waals surface area contributed by atoms with Crippen LogP contribution in [0.2, 0.25) is 0 Å². The quantitative estimate of drug-likeness (QED) is 0.605. The second kappa shape index (κ2) is 9.20. The van der Waals surface area contributed by atoms with Crippen molar-refractivity contribution in [2.75, 3.05) is 26.2 Å². The van der Waals surface area contributed by atoms with Crippen molar-refractivity contribution in [3.8, 4) is 11.5 Å². The van der Waals surface area contributed by atoms with Gasteiger partial charge in [0.2, 0.25) is 0 Å². The Morgan fingerprint density at radius 1 is 1.00 bits per heavy atom. The molecular formula is C23H25N3O2S. The molecule has 0 atom stereocenters. The number of benzene rings is 2. The number of ether oxygens (including phenoxy) is 1. The lowest BCUT2D eigenvalue weighted by Gasteiger charge is -2.34. The third kappa shape index (κ3) is 5.02. The standard InChI is InChI=1S/C23H25N3O2S/c1-2-22-24-19(17-29-22)16-25-12-14-26(15-13-25)23(27)18-8-10-21(11-9-18)28-20-6-4-3-5-7-20/h3-11,17H,2,12-16H2,1H3. The molecule has 1 aromatic heterocycles. The number of aryl methyl sites for hydroxylation is 1. The lowest BCUT2D eigenvalue weighted by atomic mass is 10.1. The van der Waals surface area contributed by atoms with Gasteiger partial charge in [0.1, 0.15) is 11.5 Å².